The second kappa shape index (κ2) is 9.35. The Bertz CT molecular complexity index is 272. The predicted molar refractivity (Wildman–Crippen MR) is 82.8 cm³/mol. The fourth-order valence-electron chi connectivity index (χ4n) is 2.81. The molecule has 1 N–H and O–H groups in total. The lowest BCUT2D eigenvalue weighted by atomic mass is 10.1. The highest BCUT2D eigenvalue weighted by Crippen LogP contribution is 2.13. The summed E-state index contributed by atoms with van der Waals surface area (Å²) < 4.78 is 5.82. The van der Waals surface area contributed by atoms with Crippen molar-refractivity contribution in [3.63, 3.8) is 0 Å². The molecule has 1 rings (SSSR count). The van der Waals surface area contributed by atoms with Crippen LogP contribution in [0.5, 0.6) is 0 Å². The molecule has 20 heavy (non-hydrogen) atoms. The molecule has 1 saturated heterocycles. The van der Waals surface area contributed by atoms with Crippen LogP contribution < -0.4 is 5.32 Å². The van der Waals surface area contributed by atoms with Gasteiger partial charge in [-0.3, -0.25) is 4.79 Å². The maximum atomic E-state index is 12.5. The van der Waals surface area contributed by atoms with Crippen LogP contribution in [0.1, 0.15) is 53.4 Å². The minimum Gasteiger partial charge on any atom is -0.368 e. The molecule has 118 valence electrons. The third-order valence-corrected chi connectivity index (χ3v) is 3.99. The first-order chi connectivity index (χ1) is 9.58. The van der Waals surface area contributed by atoms with Crippen LogP contribution in [0.3, 0.4) is 0 Å². The lowest BCUT2D eigenvalue weighted by molar-refractivity contribution is -0.141. The van der Waals surface area contributed by atoms with Gasteiger partial charge >= 0.3 is 0 Å². The summed E-state index contributed by atoms with van der Waals surface area (Å²) >= 11 is 0. The smallest absolute Gasteiger partial charge is 0.248 e. The molecule has 0 saturated carbocycles. The minimum atomic E-state index is 0.158. The molecule has 0 aromatic carbocycles. The highest BCUT2D eigenvalue weighted by molar-refractivity contribution is 5.77. The van der Waals surface area contributed by atoms with E-state index in [1.165, 1.54) is 0 Å². The fourth-order valence-corrected chi connectivity index (χ4v) is 2.81. The summed E-state index contributed by atoms with van der Waals surface area (Å²) in [6.07, 6.45) is 4.32. The van der Waals surface area contributed by atoms with Crippen LogP contribution >= 0.6 is 0 Å². The molecule has 0 unspecified atom stereocenters. The molecular formula is C16H32N2O2. The van der Waals surface area contributed by atoms with Gasteiger partial charge in [0, 0.05) is 12.6 Å². The molecule has 1 fully saturated rings. The topological polar surface area (TPSA) is 41.6 Å². The number of amides is 1. The van der Waals surface area contributed by atoms with Gasteiger partial charge < -0.3 is 15.0 Å². The molecule has 1 aliphatic rings. The Labute approximate surface area is 124 Å². The van der Waals surface area contributed by atoms with Crippen LogP contribution in [0, 0.1) is 5.92 Å². The van der Waals surface area contributed by atoms with Crippen LogP contribution in [0.25, 0.3) is 0 Å². The summed E-state index contributed by atoms with van der Waals surface area (Å²) in [6, 6.07) is 0.349. The van der Waals surface area contributed by atoms with Gasteiger partial charge in [0.05, 0.1) is 6.10 Å². The molecule has 1 aliphatic heterocycles. The number of rotatable bonds is 8. The largest absolute Gasteiger partial charge is 0.368 e. The fraction of sp³-hybridized carbons (Fsp3) is 0.938. The van der Waals surface area contributed by atoms with E-state index >= 15 is 0 Å². The number of carbonyl (C=O) groups is 1. The molecule has 1 heterocycles. The first-order valence-electron chi connectivity index (χ1n) is 8.20. The van der Waals surface area contributed by atoms with Gasteiger partial charge in [-0.1, -0.05) is 27.7 Å². The summed E-state index contributed by atoms with van der Waals surface area (Å²) in [5.74, 6) is 0.657. The molecule has 0 atom stereocenters. The van der Waals surface area contributed by atoms with Crippen molar-refractivity contribution in [2.45, 2.75) is 65.5 Å². The highest BCUT2D eigenvalue weighted by Gasteiger charge is 2.23. The van der Waals surface area contributed by atoms with E-state index in [-0.39, 0.29) is 18.6 Å². The molecule has 4 nitrogen and oxygen atoms in total. The standard InChI is InChI=1S/C16H32N2O2/c1-5-14(6-2)18(11-13(3)4)16(19)12-20-15-7-9-17-10-8-15/h13-15,17H,5-12H2,1-4H3. The summed E-state index contributed by atoms with van der Waals surface area (Å²) in [5, 5.41) is 3.31. The number of ether oxygens (including phenoxy) is 1. The average molecular weight is 284 g/mol. The van der Waals surface area contributed by atoms with Crippen molar-refractivity contribution >= 4 is 5.91 Å². The molecular weight excluding hydrogens is 252 g/mol. The Hall–Kier alpha value is -0.610. The first-order valence-corrected chi connectivity index (χ1v) is 8.20. The zero-order chi connectivity index (χ0) is 15.0. The molecule has 1 amide bonds. The maximum absolute atomic E-state index is 12.5. The monoisotopic (exact) mass is 284 g/mol. The Morgan fingerprint density at radius 1 is 1.25 bits per heavy atom. The van der Waals surface area contributed by atoms with E-state index in [1.807, 2.05) is 4.90 Å². The molecule has 0 radical (unpaired) electrons. The van der Waals surface area contributed by atoms with Gasteiger partial charge in [0.25, 0.3) is 0 Å². The highest BCUT2D eigenvalue weighted by atomic mass is 16.5. The Morgan fingerprint density at radius 2 is 1.85 bits per heavy atom. The molecule has 0 aromatic heterocycles. The van der Waals surface area contributed by atoms with E-state index < -0.39 is 0 Å². The lowest BCUT2D eigenvalue weighted by Gasteiger charge is -2.33. The number of hydrogen-bond acceptors (Lipinski definition) is 3. The molecule has 0 spiro atoms. The van der Waals surface area contributed by atoms with Gasteiger partial charge in [-0.25, -0.2) is 0 Å². The van der Waals surface area contributed by atoms with Crippen LogP contribution in [0.2, 0.25) is 0 Å². The van der Waals surface area contributed by atoms with E-state index in [2.05, 4.69) is 33.0 Å². The van der Waals surface area contributed by atoms with Crippen molar-refractivity contribution in [1.82, 2.24) is 10.2 Å². The van der Waals surface area contributed by atoms with Crippen molar-refractivity contribution in [2.75, 3.05) is 26.2 Å². The Morgan fingerprint density at radius 3 is 2.35 bits per heavy atom. The average Bonchev–Trinajstić information content (AvgIpc) is 2.45. The van der Waals surface area contributed by atoms with Gasteiger partial charge in [-0.2, -0.15) is 0 Å². The van der Waals surface area contributed by atoms with Crippen LogP contribution in [-0.4, -0.2) is 49.2 Å². The lowest BCUT2D eigenvalue weighted by Crippen LogP contribution is -2.44. The number of piperidine rings is 1. The van der Waals surface area contributed by atoms with Crippen LogP contribution in [0.4, 0.5) is 0 Å². The molecule has 4 heteroatoms. The minimum absolute atomic E-state index is 0.158. The van der Waals surface area contributed by atoms with Crippen molar-refractivity contribution in [3.8, 4) is 0 Å². The van der Waals surface area contributed by atoms with Gasteiger partial charge in [0.2, 0.25) is 5.91 Å². The summed E-state index contributed by atoms with van der Waals surface area (Å²) in [4.78, 5) is 14.5. The second-order valence-corrected chi connectivity index (χ2v) is 6.17. The number of carbonyl (C=O) groups excluding carboxylic acids is 1. The summed E-state index contributed by atoms with van der Waals surface area (Å²) in [5.41, 5.74) is 0. The van der Waals surface area contributed by atoms with Crippen LogP contribution in [-0.2, 0) is 9.53 Å². The van der Waals surface area contributed by atoms with E-state index in [4.69, 9.17) is 4.74 Å². The number of nitrogens with one attached hydrogen (secondary N) is 1. The van der Waals surface area contributed by atoms with Gasteiger partial charge in [0.15, 0.2) is 0 Å². The van der Waals surface area contributed by atoms with E-state index in [9.17, 15) is 4.79 Å². The van der Waals surface area contributed by atoms with Crippen molar-refractivity contribution in [3.05, 3.63) is 0 Å². The molecule has 0 aromatic rings. The Balaban J connectivity index is 2.48. The SMILES string of the molecule is CCC(CC)N(CC(C)C)C(=O)COC1CCNCC1. The zero-order valence-electron chi connectivity index (χ0n) is 13.7. The third kappa shape index (κ3) is 5.80. The predicted octanol–water partition coefficient (Wildman–Crippen LogP) is 2.43. The number of hydrogen-bond donors (Lipinski definition) is 1. The van der Waals surface area contributed by atoms with E-state index in [0.717, 1.165) is 45.3 Å². The third-order valence-electron chi connectivity index (χ3n) is 3.99. The van der Waals surface area contributed by atoms with E-state index in [1.54, 1.807) is 0 Å². The van der Waals surface area contributed by atoms with Gasteiger partial charge in [-0.05, 0) is 44.7 Å². The van der Waals surface area contributed by atoms with Crippen LogP contribution in [0.15, 0.2) is 0 Å². The normalized spacial score (nSPS) is 16.9. The van der Waals surface area contributed by atoms with Crippen molar-refractivity contribution in [1.29, 1.82) is 0 Å². The molecule has 0 aliphatic carbocycles. The van der Waals surface area contributed by atoms with E-state index in [0.29, 0.717) is 12.0 Å². The van der Waals surface area contributed by atoms with Gasteiger partial charge in [-0.15, -0.1) is 0 Å². The molecule has 0 bridgehead atoms. The first kappa shape index (κ1) is 17.4. The zero-order valence-corrected chi connectivity index (χ0v) is 13.7. The number of nitrogens with zero attached hydrogens (tertiary/aromatic N) is 1. The van der Waals surface area contributed by atoms with Crippen molar-refractivity contribution < 1.29 is 9.53 Å². The van der Waals surface area contributed by atoms with Gasteiger partial charge in [0.1, 0.15) is 6.61 Å². The van der Waals surface area contributed by atoms with Crippen molar-refractivity contribution in [2.24, 2.45) is 5.92 Å². The second-order valence-electron chi connectivity index (χ2n) is 6.17. The summed E-state index contributed by atoms with van der Waals surface area (Å²) in [7, 11) is 0. The summed E-state index contributed by atoms with van der Waals surface area (Å²) in [6.45, 7) is 11.7. The Kier molecular flexibility index (Phi) is 8.15. The maximum Gasteiger partial charge on any atom is 0.248 e. The quantitative estimate of drug-likeness (QED) is 0.744.